The third-order valence-electron chi connectivity index (χ3n) is 5.89. The van der Waals surface area contributed by atoms with Crippen molar-refractivity contribution in [2.45, 2.75) is 70.9 Å². The summed E-state index contributed by atoms with van der Waals surface area (Å²) in [5, 5.41) is 0. The van der Waals surface area contributed by atoms with Crippen molar-refractivity contribution in [1.82, 2.24) is 4.90 Å². The van der Waals surface area contributed by atoms with Crippen molar-refractivity contribution >= 4 is 20.0 Å². The van der Waals surface area contributed by atoms with Gasteiger partial charge in [-0.05, 0) is 77.2 Å². The Balaban J connectivity index is 1.88. The number of fused-ring (bicyclic) bond motifs is 1. The van der Waals surface area contributed by atoms with Gasteiger partial charge in [-0.15, -0.1) is 0 Å². The number of carbonyl (C=O) groups is 2. The Morgan fingerprint density at radius 3 is 2.41 bits per heavy atom. The molecular formula is C21H28F3NO3Si. The molecule has 8 heteroatoms. The first-order chi connectivity index (χ1) is 13.3. The Labute approximate surface area is 170 Å². The van der Waals surface area contributed by atoms with E-state index < -0.39 is 20.1 Å². The molecule has 4 nitrogen and oxygen atoms in total. The molecule has 1 saturated carbocycles. The molecule has 2 atom stereocenters. The predicted octanol–water partition coefficient (Wildman–Crippen LogP) is 4.90. The number of ketones is 1. The Kier molecular flexibility index (Phi) is 5.49. The monoisotopic (exact) mass is 427 g/mol. The van der Waals surface area contributed by atoms with E-state index in [0.717, 1.165) is 0 Å². The van der Waals surface area contributed by atoms with Crippen molar-refractivity contribution in [3.05, 3.63) is 34.6 Å². The van der Waals surface area contributed by atoms with Crippen molar-refractivity contribution < 1.29 is 27.2 Å². The molecular weight excluding hydrogens is 399 g/mol. The number of hydrogen-bond donors (Lipinski definition) is 0. The van der Waals surface area contributed by atoms with Gasteiger partial charge >= 0.3 is 6.18 Å². The zero-order valence-electron chi connectivity index (χ0n) is 17.6. The smallest absolute Gasteiger partial charge is 0.404 e. The number of halogens is 3. The molecule has 0 saturated heterocycles. The van der Waals surface area contributed by atoms with Crippen LogP contribution in [0.1, 0.15) is 39.5 Å². The van der Waals surface area contributed by atoms with Gasteiger partial charge in [-0.25, -0.2) is 0 Å². The number of nitrogens with zero attached hydrogens (tertiary/aromatic N) is 1. The summed E-state index contributed by atoms with van der Waals surface area (Å²) in [6.45, 7) is 8.82. The summed E-state index contributed by atoms with van der Waals surface area (Å²) < 4.78 is 48.0. The average molecular weight is 428 g/mol. The van der Waals surface area contributed by atoms with E-state index in [4.69, 9.17) is 4.43 Å². The van der Waals surface area contributed by atoms with Crippen molar-refractivity contribution in [1.29, 1.82) is 0 Å². The van der Waals surface area contributed by atoms with E-state index in [1.807, 2.05) is 0 Å². The molecule has 29 heavy (non-hydrogen) atoms. The van der Waals surface area contributed by atoms with Gasteiger partial charge in [-0.1, -0.05) is 0 Å². The van der Waals surface area contributed by atoms with Crippen molar-refractivity contribution in [3.8, 4) is 0 Å². The van der Waals surface area contributed by atoms with Crippen LogP contribution in [-0.2, 0) is 14.0 Å². The molecule has 2 unspecified atom stereocenters. The first-order valence-corrected chi connectivity index (χ1v) is 13.4. The van der Waals surface area contributed by atoms with Crippen LogP contribution >= 0.6 is 0 Å². The molecule has 0 radical (unpaired) electrons. The van der Waals surface area contributed by atoms with E-state index in [9.17, 15) is 22.8 Å². The van der Waals surface area contributed by atoms with Gasteiger partial charge in [-0.2, -0.15) is 13.2 Å². The summed E-state index contributed by atoms with van der Waals surface area (Å²) in [5.74, 6) is -0.756. The topological polar surface area (TPSA) is 46.6 Å². The molecule has 1 amide bonds. The molecule has 3 aliphatic rings. The zero-order valence-corrected chi connectivity index (χ0v) is 18.6. The van der Waals surface area contributed by atoms with Crippen LogP contribution in [-0.4, -0.2) is 43.2 Å². The van der Waals surface area contributed by atoms with E-state index in [0.29, 0.717) is 35.3 Å². The van der Waals surface area contributed by atoms with E-state index in [1.165, 1.54) is 11.0 Å². The summed E-state index contributed by atoms with van der Waals surface area (Å²) in [7, 11) is -2.45. The van der Waals surface area contributed by atoms with Gasteiger partial charge in [0.25, 0.3) is 5.91 Å². The second-order valence-corrected chi connectivity index (χ2v) is 13.7. The number of allylic oxidation sites excluding steroid dienone is 3. The molecule has 160 valence electrons. The van der Waals surface area contributed by atoms with E-state index in [2.05, 4.69) is 0 Å². The third-order valence-corrected chi connectivity index (χ3v) is 6.89. The Morgan fingerprint density at radius 2 is 1.83 bits per heavy atom. The van der Waals surface area contributed by atoms with Crippen LogP contribution in [0.25, 0.3) is 0 Å². The first kappa shape index (κ1) is 22.0. The summed E-state index contributed by atoms with van der Waals surface area (Å²) in [6, 6.07) is 0. The zero-order chi connectivity index (χ0) is 21.8. The fourth-order valence-corrected chi connectivity index (χ4v) is 6.15. The third kappa shape index (κ3) is 4.01. The van der Waals surface area contributed by atoms with Crippen molar-refractivity contribution in [2.75, 3.05) is 6.54 Å². The van der Waals surface area contributed by atoms with Crippen LogP contribution in [0.2, 0.25) is 19.6 Å². The molecule has 1 heterocycles. The number of carbonyl (C=O) groups excluding carboxylic acids is 2. The summed E-state index contributed by atoms with van der Waals surface area (Å²) in [5.41, 5.74) is 0.0844. The van der Waals surface area contributed by atoms with Gasteiger partial charge in [0.05, 0.1) is 5.70 Å². The van der Waals surface area contributed by atoms with Gasteiger partial charge < -0.3 is 9.33 Å². The molecule has 0 aromatic heterocycles. The van der Waals surface area contributed by atoms with Crippen molar-refractivity contribution in [3.63, 3.8) is 0 Å². The standard InChI is InChI=1S/C21H28F3NO3Si/c1-13-16-8-9-17(26)14(2)18(16)25(19(13)27)12-15-7-6-10-20(11-15,21(22,23)24)28-29(3,4)5/h8-9,15H,6-7,10-12H2,1-5H3. The molecule has 2 aliphatic carbocycles. The maximum Gasteiger partial charge on any atom is 0.416 e. The molecule has 0 aromatic rings. The SMILES string of the molecule is CC1=C2C=CC(=O)C(C)=C2N(CC2CCCC(O[Si](C)(C)C)(C(F)(F)F)C2)C1=O. The fourth-order valence-electron chi connectivity index (χ4n) is 4.68. The normalized spacial score (nSPS) is 28.6. The van der Waals surface area contributed by atoms with Gasteiger partial charge in [0.15, 0.2) is 19.7 Å². The van der Waals surface area contributed by atoms with Gasteiger partial charge in [0.1, 0.15) is 0 Å². The quantitative estimate of drug-likeness (QED) is 0.600. The lowest BCUT2D eigenvalue weighted by molar-refractivity contribution is -0.266. The Bertz CT molecular complexity index is 835. The number of alkyl halides is 3. The second-order valence-electron chi connectivity index (χ2n) is 9.29. The first-order valence-electron chi connectivity index (χ1n) is 9.99. The Hall–Kier alpha value is -1.67. The number of amides is 1. The average Bonchev–Trinajstić information content (AvgIpc) is 2.81. The van der Waals surface area contributed by atoms with Crippen LogP contribution in [0.4, 0.5) is 13.2 Å². The van der Waals surface area contributed by atoms with E-state index in [-0.39, 0.29) is 37.0 Å². The lowest BCUT2D eigenvalue weighted by Crippen LogP contribution is -2.56. The molecule has 0 N–H and O–H groups in total. The molecule has 1 aliphatic heterocycles. The minimum absolute atomic E-state index is 0.0449. The van der Waals surface area contributed by atoms with Gasteiger partial charge in [-0.3, -0.25) is 9.59 Å². The maximum atomic E-state index is 14.1. The van der Waals surface area contributed by atoms with E-state index in [1.54, 1.807) is 39.6 Å². The highest BCUT2D eigenvalue weighted by molar-refractivity contribution is 6.69. The lowest BCUT2D eigenvalue weighted by atomic mass is 9.77. The van der Waals surface area contributed by atoms with Crippen LogP contribution < -0.4 is 0 Å². The molecule has 3 rings (SSSR count). The van der Waals surface area contributed by atoms with Gasteiger partial charge in [0, 0.05) is 23.3 Å². The molecule has 0 aromatic carbocycles. The second kappa shape index (κ2) is 7.23. The fraction of sp³-hybridized carbons (Fsp3) is 0.619. The molecule has 0 bridgehead atoms. The highest BCUT2D eigenvalue weighted by atomic mass is 28.4. The van der Waals surface area contributed by atoms with Crippen LogP contribution in [0.5, 0.6) is 0 Å². The summed E-state index contributed by atoms with van der Waals surface area (Å²) >= 11 is 0. The lowest BCUT2D eigenvalue weighted by Gasteiger charge is -2.46. The summed E-state index contributed by atoms with van der Waals surface area (Å²) in [4.78, 5) is 26.4. The molecule has 1 fully saturated rings. The highest BCUT2D eigenvalue weighted by Crippen LogP contribution is 2.48. The molecule has 0 spiro atoms. The minimum Gasteiger partial charge on any atom is -0.404 e. The van der Waals surface area contributed by atoms with Crippen molar-refractivity contribution in [2.24, 2.45) is 5.92 Å². The van der Waals surface area contributed by atoms with Crippen LogP contribution in [0.15, 0.2) is 34.6 Å². The van der Waals surface area contributed by atoms with E-state index >= 15 is 0 Å². The minimum atomic E-state index is -4.46. The summed E-state index contributed by atoms with van der Waals surface area (Å²) in [6.07, 6.45) is -0.600. The maximum absolute atomic E-state index is 14.1. The van der Waals surface area contributed by atoms with Gasteiger partial charge in [0.2, 0.25) is 0 Å². The number of hydrogen-bond acceptors (Lipinski definition) is 3. The largest absolute Gasteiger partial charge is 0.416 e. The van der Waals surface area contributed by atoms with Crippen LogP contribution in [0, 0.1) is 5.92 Å². The highest BCUT2D eigenvalue weighted by Gasteiger charge is 2.59. The van der Waals surface area contributed by atoms with Crippen LogP contribution in [0.3, 0.4) is 0 Å². The predicted molar refractivity (Wildman–Crippen MR) is 106 cm³/mol. The number of rotatable bonds is 4. The Morgan fingerprint density at radius 1 is 1.17 bits per heavy atom.